The van der Waals surface area contributed by atoms with Crippen molar-refractivity contribution >= 4 is 11.6 Å². The normalized spacial score (nSPS) is 18.5. The molecule has 1 atom stereocenters. The van der Waals surface area contributed by atoms with Crippen molar-refractivity contribution < 1.29 is 4.79 Å². The average molecular weight is 205 g/mol. The van der Waals surface area contributed by atoms with Crippen molar-refractivity contribution in [1.29, 1.82) is 0 Å². The summed E-state index contributed by atoms with van der Waals surface area (Å²) in [5.41, 5.74) is 5.02. The molecular formula is C11H15N3O. The van der Waals surface area contributed by atoms with Crippen LogP contribution in [0.1, 0.15) is 5.56 Å². The minimum absolute atomic E-state index is 0.0104. The molecule has 1 unspecified atom stereocenters. The van der Waals surface area contributed by atoms with Gasteiger partial charge in [-0.15, -0.1) is 0 Å². The number of nitrogens with zero attached hydrogens (tertiary/aromatic N) is 1. The third-order valence-corrected chi connectivity index (χ3v) is 2.42. The van der Waals surface area contributed by atoms with Gasteiger partial charge in [-0.1, -0.05) is 18.2 Å². The summed E-state index contributed by atoms with van der Waals surface area (Å²) in [4.78, 5) is 11.7. The predicted molar refractivity (Wildman–Crippen MR) is 59.4 cm³/mol. The van der Waals surface area contributed by atoms with Gasteiger partial charge in [-0.2, -0.15) is 0 Å². The first-order valence-electron chi connectivity index (χ1n) is 4.99. The maximum atomic E-state index is 11.7. The standard InChI is InChI=1S/C11H15N3O/c1-14(2)13-11(15)10-7-8-5-3-4-6-9(8)12-10/h3-6,10,12H,7H2,1-2H3,(H,13,15). The lowest BCUT2D eigenvalue weighted by Crippen LogP contribution is -2.45. The van der Waals surface area contributed by atoms with Crippen LogP contribution >= 0.6 is 0 Å². The SMILES string of the molecule is CN(C)NC(=O)C1Cc2ccccc2N1. The number of benzene rings is 1. The number of nitrogens with one attached hydrogen (secondary N) is 2. The number of para-hydroxylation sites is 1. The van der Waals surface area contributed by atoms with Gasteiger partial charge >= 0.3 is 0 Å². The van der Waals surface area contributed by atoms with E-state index in [0.29, 0.717) is 0 Å². The van der Waals surface area contributed by atoms with Crippen LogP contribution in [0.25, 0.3) is 0 Å². The molecule has 80 valence electrons. The van der Waals surface area contributed by atoms with E-state index in [9.17, 15) is 4.79 Å². The number of carbonyl (C=O) groups is 1. The van der Waals surface area contributed by atoms with Gasteiger partial charge in [-0.05, 0) is 11.6 Å². The molecule has 0 fully saturated rings. The molecule has 0 spiro atoms. The molecule has 0 aliphatic carbocycles. The zero-order valence-corrected chi connectivity index (χ0v) is 8.95. The van der Waals surface area contributed by atoms with Gasteiger partial charge < -0.3 is 5.32 Å². The van der Waals surface area contributed by atoms with E-state index < -0.39 is 0 Å². The second-order valence-electron chi connectivity index (χ2n) is 3.93. The second kappa shape index (κ2) is 3.90. The summed E-state index contributed by atoms with van der Waals surface area (Å²) in [6, 6.07) is 7.86. The molecule has 0 saturated heterocycles. The lowest BCUT2D eigenvalue weighted by Gasteiger charge is -2.16. The molecule has 2 N–H and O–H groups in total. The van der Waals surface area contributed by atoms with Crippen molar-refractivity contribution in [2.75, 3.05) is 19.4 Å². The van der Waals surface area contributed by atoms with E-state index >= 15 is 0 Å². The van der Waals surface area contributed by atoms with Crippen molar-refractivity contribution in [3.05, 3.63) is 29.8 Å². The Morgan fingerprint density at radius 1 is 1.47 bits per heavy atom. The Morgan fingerprint density at radius 3 is 2.87 bits per heavy atom. The van der Waals surface area contributed by atoms with Crippen molar-refractivity contribution in [3.8, 4) is 0 Å². The first kappa shape index (κ1) is 9.98. The van der Waals surface area contributed by atoms with Gasteiger partial charge in [-0.3, -0.25) is 10.2 Å². The monoisotopic (exact) mass is 205 g/mol. The summed E-state index contributed by atoms with van der Waals surface area (Å²) in [6.07, 6.45) is 0.760. The number of hydrazine groups is 1. The molecule has 4 heteroatoms. The van der Waals surface area contributed by atoms with Crippen LogP contribution in [0.5, 0.6) is 0 Å². The molecule has 0 aromatic heterocycles. The van der Waals surface area contributed by atoms with Crippen molar-refractivity contribution in [1.82, 2.24) is 10.4 Å². The van der Waals surface area contributed by atoms with E-state index in [4.69, 9.17) is 0 Å². The van der Waals surface area contributed by atoms with Crippen LogP contribution < -0.4 is 10.7 Å². The van der Waals surface area contributed by atoms with E-state index in [2.05, 4.69) is 10.7 Å². The maximum Gasteiger partial charge on any atom is 0.257 e. The van der Waals surface area contributed by atoms with E-state index in [1.807, 2.05) is 24.3 Å². The van der Waals surface area contributed by atoms with Crippen LogP contribution in [0.4, 0.5) is 5.69 Å². The highest BCUT2D eigenvalue weighted by atomic mass is 16.2. The first-order chi connectivity index (χ1) is 7.16. The first-order valence-corrected chi connectivity index (χ1v) is 4.99. The highest BCUT2D eigenvalue weighted by Gasteiger charge is 2.26. The minimum atomic E-state index is -0.148. The van der Waals surface area contributed by atoms with Gasteiger partial charge in [-0.25, -0.2) is 5.01 Å². The number of hydrogen-bond donors (Lipinski definition) is 2. The zero-order valence-electron chi connectivity index (χ0n) is 8.95. The molecule has 1 aromatic rings. The number of carbonyl (C=O) groups excluding carboxylic acids is 1. The van der Waals surface area contributed by atoms with Crippen molar-refractivity contribution in [3.63, 3.8) is 0 Å². The highest BCUT2D eigenvalue weighted by molar-refractivity contribution is 5.86. The Balaban J connectivity index is 2.04. The molecule has 15 heavy (non-hydrogen) atoms. The van der Waals surface area contributed by atoms with E-state index in [1.165, 1.54) is 5.56 Å². The summed E-state index contributed by atoms with van der Waals surface area (Å²) in [7, 11) is 3.61. The molecule has 0 saturated carbocycles. The molecule has 4 nitrogen and oxygen atoms in total. The van der Waals surface area contributed by atoms with E-state index in [0.717, 1.165) is 12.1 Å². The molecule has 2 rings (SSSR count). The predicted octanol–water partition coefficient (Wildman–Crippen LogP) is 0.616. The summed E-state index contributed by atoms with van der Waals surface area (Å²) in [5.74, 6) is 0.0104. The smallest absolute Gasteiger partial charge is 0.257 e. The van der Waals surface area contributed by atoms with E-state index in [-0.39, 0.29) is 11.9 Å². The van der Waals surface area contributed by atoms with Gasteiger partial charge in [0.05, 0.1) is 0 Å². The number of anilines is 1. The fraction of sp³-hybridized carbons (Fsp3) is 0.364. The summed E-state index contributed by atoms with van der Waals surface area (Å²) in [5, 5.41) is 4.86. The molecular weight excluding hydrogens is 190 g/mol. The Bertz CT molecular complexity index is 351. The molecule has 0 bridgehead atoms. The fourth-order valence-corrected chi connectivity index (χ4v) is 1.75. The Morgan fingerprint density at radius 2 is 2.20 bits per heavy atom. The van der Waals surface area contributed by atoms with Crippen LogP contribution in [-0.4, -0.2) is 31.1 Å². The topological polar surface area (TPSA) is 44.4 Å². The van der Waals surface area contributed by atoms with E-state index in [1.54, 1.807) is 19.1 Å². The van der Waals surface area contributed by atoms with Crippen LogP contribution in [0.15, 0.2) is 24.3 Å². The van der Waals surface area contributed by atoms with Crippen LogP contribution in [0.2, 0.25) is 0 Å². The minimum Gasteiger partial charge on any atom is -0.373 e. The fourth-order valence-electron chi connectivity index (χ4n) is 1.75. The third-order valence-electron chi connectivity index (χ3n) is 2.42. The Kier molecular flexibility index (Phi) is 2.60. The molecule has 1 aliphatic heterocycles. The zero-order chi connectivity index (χ0) is 10.8. The quantitative estimate of drug-likeness (QED) is 0.695. The lowest BCUT2D eigenvalue weighted by molar-refractivity contribution is -0.125. The number of hydrogen-bond acceptors (Lipinski definition) is 3. The lowest BCUT2D eigenvalue weighted by atomic mass is 10.1. The van der Waals surface area contributed by atoms with Gasteiger partial charge in [0, 0.05) is 26.2 Å². The molecule has 1 aromatic carbocycles. The summed E-state index contributed by atoms with van der Waals surface area (Å²) >= 11 is 0. The van der Waals surface area contributed by atoms with Gasteiger partial charge in [0.25, 0.3) is 5.91 Å². The molecule has 1 aliphatic rings. The van der Waals surface area contributed by atoms with Crippen LogP contribution in [0.3, 0.4) is 0 Å². The molecule has 1 amide bonds. The van der Waals surface area contributed by atoms with Crippen molar-refractivity contribution in [2.45, 2.75) is 12.5 Å². The van der Waals surface area contributed by atoms with Crippen molar-refractivity contribution in [2.24, 2.45) is 0 Å². The molecule has 0 radical (unpaired) electrons. The summed E-state index contributed by atoms with van der Waals surface area (Å²) < 4.78 is 0. The number of amides is 1. The third kappa shape index (κ3) is 2.10. The van der Waals surface area contributed by atoms with Crippen LogP contribution in [-0.2, 0) is 11.2 Å². The average Bonchev–Trinajstić information content (AvgIpc) is 2.59. The number of fused-ring (bicyclic) bond motifs is 1. The second-order valence-corrected chi connectivity index (χ2v) is 3.93. The summed E-state index contributed by atoms with van der Waals surface area (Å²) in [6.45, 7) is 0. The Hall–Kier alpha value is -1.55. The van der Waals surface area contributed by atoms with Gasteiger partial charge in [0.2, 0.25) is 0 Å². The van der Waals surface area contributed by atoms with Gasteiger partial charge in [0.15, 0.2) is 0 Å². The number of rotatable bonds is 2. The largest absolute Gasteiger partial charge is 0.373 e. The van der Waals surface area contributed by atoms with Crippen LogP contribution in [0, 0.1) is 0 Å². The van der Waals surface area contributed by atoms with Gasteiger partial charge in [0.1, 0.15) is 6.04 Å². The maximum absolute atomic E-state index is 11.7. The molecule has 1 heterocycles. The highest BCUT2D eigenvalue weighted by Crippen LogP contribution is 2.24. The Labute approximate surface area is 89.2 Å².